The topological polar surface area (TPSA) is 46.9 Å². The van der Waals surface area contributed by atoms with Crippen LogP contribution in [0.3, 0.4) is 0 Å². The summed E-state index contributed by atoms with van der Waals surface area (Å²) in [7, 11) is 0. The minimum atomic E-state index is -0.246. The van der Waals surface area contributed by atoms with E-state index in [2.05, 4.69) is 26.2 Å². The molecule has 2 rings (SSSR count). The highest BCUT2D eigenvalue weighted by molar-refractivity contribution is 9.10. The Bertz CT molecular complexity index is 627. The first kappa shape index (κ1) is 14.4. The molecule has 0 aliphatic rings. The number of rotatable bonds is 3. The minimum absolute atomic E-state index is 0.246. The predicted molar refractivity (Wildman–Crippen MR) is 80.0 cm³/mol. The highest BCUT2D eigenvalue weighted by atomic mass is 79.9. The van der Waals surface area contributed by atoms with Gasteiger partial charge in [-0.15, -0.1) is 0 Å². The summed E-state index contributed by atoms with van der Waals surface area (Å²) in [4.78, 5) is 16.1. The zero-order chi connectivity index (χ0) is 14.0. The Morgan fingerprint density at radius 3 is 2.84 bits per heavy atom. The largest absolute Gasteiger partial charge is 0.342 e. The van der Waals surface area contributed by atoms with Gasteiger partial charge in [0.25, 0.3) is 5.91 Å². The third kappa shape index (κ3) is 3.29. The number of aryl methyl sites for hydroxylation is 1. The van der Waals surface area contributed by atoms with Gasteiger partial charge in [-0.3, -0.25) is 4.79 Å². The minimum Gasteiger partial charge on any atom is -0.342 e. The monoisotopic (exact) mass is 361 g/mol. The van der Waals surface area contributed by atoms with Gasteiger partial charge in [0, 0.05) is 12.7 Å². The van der Waals surface area contributed by atoms with E-state index in [1.807, 2.05) is 6.92 Å². The van der Waals surface area contributed by atoms with Gasteiger partial charge in [-0.2, -0.15) is 0 Å². The molecule has 2 heterocycles. The number of hydrogen-bond acceptors (Lipinski definition) is 2. The summed E-state index contributed by atoms with van der Waals surface area (Å²) in [6, 6.07) is 3.31. The molecule has 0 atom stereocenters. The van der Waals surface area contributed by atoms with E-state index in [0.29, 0.717) is 32.6 Å². The molecule has 0 aliphatic heterocycles. The summed E-state index contributed by atoms with van der Waals surface area (Å²) in [6.07, 6.45) is 3.21. The lowest BCUT2D eigenvalue weighted by Crippen LogP contribution is -2.16. The van der Waals surface area contributed by atoms with Crippen molar-refractivity contribution in [3.8, 4) is 0 Å². The van der Waals surface area contributed by atoms with Crippen LogP contribution in [0.25, 0.3) is 0 Å². The number of amides is 1. The second-order valence-electron chi connectivity index (χ2n) is 3.78. The van der Waals surface area contributed by atoms with Gasteiger partial charge in [-0.25, -0.2) is 4.98 Å². The molecule has 1 amide bonds. The van der Waals surface area contributed by atoms with Crippen LogP contribution >= 0.6 is 39.1 Å². The fourth-order valence-corrected chi connectivity index (χ4v) is 2.29. The molecule has 1 N–H and O–H groups in total. The number of nitrogens with zero attached hydrogens (tertiary/aromatic N) is 2. The van der Waals surface area contributed by atoms with Crippen LogP contribution in [0.1, 0.15) is 17.4 Å². The van der Waals surface area contributed by atoms with Crippen LogP contribution in [0.4, 0.5) is 5.69 Å². The molecule has 0 unspecified atom stereocenters. The normalized spacial score (nSPS) is 10.5. The van der Waals surface area contributed by atoms with E-state index >= 15 is 0 Å². The molecule has 2 aromatic rings. The van der Waals surface area contributed by atoms with Gasteiger partial charge in [-0.05, 0) is 35.0 Å². The number of halogens is 3. The van der Waals surface area contributed by atoms with Crippen molar-refractivity contribution < 1.29 is 4.79 Å². The number of aromatic nitrogens is 2. The molecule has 19 heavy (non-hydrogen) atoms. The SMILES string of the molecule is CCn1cc(Cl)cc1C(=O)Nc1cnc(Cl)c(Br)c1. The van der Waals surface area contributed by atoms with E-state index in [9.17, 15) is 4.79 Å². The van der Waals surface area contributed by atoms with Crippen LogP contribution in [0, 0.1) is 0 Å². The maximum atomic E-state index is 12.1. The number of carbonyl (C=O) groups excluding carboxylic acids is 1. The molecular formula is C12H10BrCl2N3O. The lowest BCUT2D eigenvalue weighted by atomic mass is 10.3. The van der Waals surface area contributed by atoms with Crippen molar-refractivity contribution in [2.24, 2.45) is 0 Å². The Morgan fingerprint density at radius 1 is 1.47 bits per heavy atom. The van der Waals surface area contributed by atoms with Crippen molar-refractivity contribution in [3.05, 3.63) is 44.9 Å². The number of nitrogens with one attached hydrogen (secondary N) is 1. The predicted octanol–water partition coefficient (Wildman–Crippen LogP) is 4.22. The van der Waals surface area contributed by atoms with Crippen molar-refractivity contribution in [3.63, 3.8) is 0 Å². The van der Waals surface area contributed by atoms with Crippen LogP contribution in [-0.2, 0) is 6.54 Å². The smallest absolute Gasteiger partial charge is 0.272 e. The Hall–Kier alpha value is -1.04. The molecular weight excluding hydrogens is 353 g/mol. The van der Waals surface area contributed by atoms with Crippen molar-refractivity contribution in [2.45, 2.75) is 13.5 Å². The molecule has 0 fully saturated rings. The van der Waals surface area contributed by atoms with Gasteiger partial charge in [0.15, 0.2) is 0 Å². The van der Waals surface area contributed by atoms with Crippen LogP contribution in [0.15, 0.2) is 29.0 Å². The molecule has 0 aromatic carbocycles. The van der Waals surface area contributed by atoms with E-state index < -0.39 is 0 Å². The zero-order valence-corrected chi connectivity index (χ0v) is 13.1. The number of carbonyl (C=O) groups is 1. The lowest BCUT2D eigenvalue weighted by Gasteiger charge is -2.08. The molecule has 0 spiro atoms. The average Bonchev–Trinajstić information content (AvgIpc) is 2.75. The summed E-state index contributed by atoms with van der Waals surface area (Å²) < 4.78 is 2.40. The van der Waals surface area contributed by atoms with E-state index in [0.717, 1.165) is 0 Å². The van der Waals surface area contributed by atoms with Gasteiger partial charge < -0.3 is 9.88 Å². The first-order valence-electron chi connectivity index (χ1n) is 5.49. The van der Waals surface area contributed by atoms with Crippen molar-refractivity contribution in [1.29, 1.82) is 0 Å². The third-order valence-corrected chi connectivity index (χ3v) is 3.83. The Kier molecular flexibility index (Phi) is 4.50. The highest BCUT2D eigenvalue weighted by Crippen LogP contribution is 2.23. The zero-order valence-electron chi connectivity index (χ0n) is 9.95. The number of anilines is 1. The van der Waals surface area contributed by atoms with Crippen molar-refractivity contribution in [1.82, 2.24) is 9.55 Å². The summed E-state index contributed by atoms with van der Waals surface area (Å²) in [5.74, 6) is -0.246. The average molecular weight is 363 g/mol. The fourth-order valence-electron chi connectivity index (χ4n) is 1.61. The Balaban J connectivity index is 2.22. The van der Waals surface area contributed by atoms with Crippen LogP contribution in [-0.4, -0.2) is 15.5 Å². The summed E-state index contributed by atoms with van der Waals surface area (Å²) in [5.41, 5.74) is 1.06. The second-order valence-corrected chi connectivity index (χ2v) is 5.43. The highest BCUT2D eigenvalue weighted by Gasteiger charge is 2.13. The molecule has 2 aromatic heterocycles. The Labute approximate surface area is 128 Å². The second kappa shape index (κ2) is 5.94. The molecule has 0 saturated carbocycles. The summed E-state index contributed by atoms with van der Waals surface area (Å²) in [5, 5.41) is 3.62. The maximum Gasteiger partial charge on any atom is 0.272 e. The van der Waals surface area contributed by atoms with Gasteiger partial charge >= 0.3 is 0 Å². The fraction of sp³-hybridized carbons (Fsp3) is 0.167. The first-order valence-corrected chi connectivity index (χ1v) is 7.04. The molecule has 0 saturated heterocycles. The molecule has 0 bridgehead atoms. The maximum absolute atomic E-state index is 12.1. The van der Waals surface area contributed by atoms with Crippen LogP contribution in [0.5, 0.6) is 0 Å². The van der Waals surface area contributed by atoms with Gasteiger partial charge in [0.2, 0.25) is 0 Å². The van der Waals surface area contributed by atoms with Crippen molar-refractivity contribution >= 4 is 50.7 Å². The molecule has 7 heteroatoms. The molecule has 0 radical (unpaired) electrons. The van der Waals surface area contributed by atoms with E-state index in [1.165, 1.54) is 6.20 Å². The third-order valence-electron chi connectivity index (χ3n) is 2.49. The van der Waals surface area contributed by atoms with E-state index in [4.69, 9.17) is 23.2 Å². The first-order chi connectivity index (χ1) is 9.01. The summed E-state index contributed by atoms with van der Waals surface area (Å²) in [6.45, 7) is 2.60. The van der Waals surface area contributed by atoms with Gasteiger partial charge in [0.05, 0.1) is 21.4 Å². The lowest BCUT2D eigenvalue weighted by molar-refractivity contribution is 0.101. The summed E-state index contributed by atoms with van der Waals surface area (Å²) >= 11 is 14.9. The Morgan fingerprint density at radius 2 is 2.21 bits per heavy atom. The van der Waals surface area contributed by atoms with Crippen molar-refractivity contribution in [2.75, 3.05) is 5.32 Å². The van der Waals surface area contributed by atoms with Gasteiger partial charge in [0.1, 0.15) is 10.8 Å². The van der Waals surface area contributed by atoms with E-state index in [1.54, 1.807) is 22.9 Å². The quantitative estimate of drug-likeness (QED) is 0.830. The van der Waals surface area contributed by atoms with Crippen LogP contribution in [0.2, 0.25) is 10.2 Å². The molecule has 100 valence electrons. The van der Waals surface area contributed by atoms with Crippen LogP contribution < -0.4 is 5.32 Å². The number of hydrogen-bond donors (Lipinski definition) is 1. The standard InChI is InChI=1S/C12H10BrCl2N3O/c1-2-18-6-7(14)3-10(18)12(19)17-8-4-9(13)11(15)16-5-8/h3-6H,2H2,1H3,(H,17,19). The van der Waals surface area contributed by atoms with Gasteiger partial charge in [-0.1, -0.05) is 23.2 Å². The number of pyridine rings is 1. The molecule has 4 nitrogen and oxygen atoms in total. The molecule has 0 aliphatic carbocycles. The van der Waals surface area contributed by atoms with E-state index in [-0.39, 0.29) is 5.91 Å².